The topological polar surface area (TPSA) is 110 Å². The Kier molecular flexibility index (Phi) is 4.09. The van der Waals surface area contributed by atoms with Gasteiger partial charge in [0.15, 0.2) is 0 Å². The Bertz CT molecular complexity index is 441. The highest BCUT2D eigenvalue weighted by Gasteiger charge is 2.26. The van der Waals surface area contributed by atoms with Crippen molar-refractivity contribution in [3.63, 3.8) is 0 Å². The van der Waals surface area contributed by atoms with Crippen molar-refractivity contribution >= 4 is 33.2 Å². The number of aromatic hydroxyl groups is 1. The first-order valence-corrected chi connectivity index (χ1v) is 5.29. The van der Waals surface area contributed by atoms with Crippen LogP contribution in [0.5, 0.6) is 5.75 Å². The second kappa shape index (κ2) is 4.96. The van der Waals surface area contributed by atoms with Crippen LogP contribution in [0.4, 0.5) is 5.69 Å². The highest BCUT2D eigenvalue weighted by atomic mass is 79.9. The zero-order chi connectivity index (χ0) is 12.5. The summed E-state index contributed by atoms with van der Waals surface area (Å²) in [5.74, 6) is -0.595. The van der Waals surface area contributed by atoms with Crippen molar-refractivity contribution in [2.75, 3.05) is 6.61 Å². The van der Waals surface area contributed by atoms with Crippen molar-refractivity contribution < 1.29 is 15.1 Å². The first-order chi connectivity index (χ1) is 7.40. The molecule has 0 spiro atoms. The van der Waals surface area contributed by atoms with Gasteiger partial charge in [0, 0.05) is 5.56 Å². The molecular formula is C8H8BrClN2O4. The Morgan fingerprint density at radius 1 is 1.69 bits per heavy atom. The summed E-state index contributed by atoms with van der Waals surface area (Å²) in [6.07, 6.45) is 0. The van der Waals surface area contributed by atoms with E-state index >= 15 is 0 Å². The molecule has 1 aromatic carbocycles. The normalized spacial score (nSPS) is 12.5. The third-order valence-corrected chi connectivity index (χ3v) is 3.31. The number of phenolic OH excluding ortho intramolecular Hbond substituents is 1. The number of nitrogens with two attached hydrogens (primary N) is 1. The Balaban J connectivity index is 3.50. The van der Waals surface area contributed by atoms with E-state index in [0.29, 0.717) is 0 Å². The number of nitro benzene ring substituents is 1. The van der Waals surface area contributed by atoms with Gasteiger partial charge in [0.05, 0.1) is 22.6 Å². The van der Waals surface area contributed by atoms with E-state index in [2.05, 4.69) is 15.9 Å². The van der Waals surface area contributed by atoms with Crippen LogP contribution in [-0.2, 0) is 0 Å². The number of aliphatic hydroxyl groups is 1. The number of aliphatic hydroxyl groups excluding tert-OH is 1. The van der Waals surface area contributed by atoms with E-state index in [1.165, 1.54) is 6.07 Å². The van der Waals surface area contributed by atoms with Crippen LogP contribution in [0, 0.1) is 10.1 Å². The summed E-state index contributed by atoms with van der Waals surface area (Å²) in [4.78, 5) is 9.93. The summed E-state index contributed by atoms with van der Waals surface area (Å²) in [5, 5.41) is 29.2. The maximum absolute atomic E-state index is 10.7. The second-order valence-corrected chi connectivity index (χ2v) is 4.21. The highest BCUT2D eigenvalue weighted by molar-refractivity contribution is 9.10. The first kappa shape index (κ1) is 13.2. The minimum Gasteiger partial charge on any atom is -0.502 e. The van der Waals surface area contributed by atoms with Gasteiger partial charge in [-0.1, -0.05) is 11.6 Å². The number of hydrogen-bond donors (Lipinski definition) is 3. The fourth-order valence-corrected chi connectivity index (χ4v) is 1.82. The van der Waals surface area contributed by atoms with Crippen LogP contribution in [0.3, 0.4) is 0 Å². The van der Waals surface area contributed by atoms with E-state index in [1.54, 1.807) is 0 Å². The summed E-state index contributed by atoms with van der Waals surface area (Å²) >= 11 is 8.64. The number of nitrogens with zero attached hydrogens (tertiary/aromatic N) is 1. The molecule has 16 heavy (non-hydrogen) atoms. The quantitative estimate of drug-likeness (QED) is 0.581. The molecule has 0 saturated carbocycles. The lowest BCUT2D eigenvalue weighted by atomic mass is 10.1. The molecule has 0 bridgehead atoms. The van der Waals surface area contributed by atoms with E-state index in [-0.39, 0.29) is 15.1 Å². The highest BCUT2D eigenvalue weighted by Crippen LogP contribution is 2.43. The SMILES string of the molecule is N[C@H](CO)c1cc(Cl)c(Br)c([N+](=O)[O-])c1O. The van der Waals surface area contributed by atoms with Gasteiger partial charge in [-0.2, -0.15) is 0 Å². The third-order valence-electron chi connectivity index (χ3n) is 1.98. The fraction of sp³-hybridized carbons (Fsp3) is 0.250. The van der Waals surface area contributed by atoms with Gasteiger partial charge in [0.25, 0.3) is 0 Å². The van der Waals surface area contributed by atoms with Crippen LogP contribution in [0.2, 0.25) is 5.02 Å². The monoisotopic (exact) mass is 310 g/mol. The molecule has 4 N–H and O–H groups in total. The van der Waals surface area contributed by atoms with E-state index in [1.807, 2.05) is 0 Å². The van der Waals surface area contributed by atoms with Crippen LogP contribution in [0.25, 0.3) is 0 Å². The molecule has 0 aliphatic rings. The van der Waals surface area contributed by atoms with E-state index in [4.69, 9.17) is 22.4 Å². The predicted octanol–water partition coefficient (Wildman–Crippen LogP) is 1.71. The van der Waals surface area contributed by atoms with Crippen LogP contribution in [0.1, 0.15) is 11.6 Å². The minimum atomic E-state index is -0.927. The van der Waals surface area contributed by atoms with Gasteiger partial charge in [-0.15, -0.1) is 0 Å². The lowest BCUT2D eigenvalue weighted by Crippen LogP contribution is -2.15. The number of hydrogen-bond acceptors (Lipinski definition) is 5. The predicted molar refractivity (Wildman–Crippen MR) is 61.5 cm³/mol. The first-order valence-electron chi connectivity index (χ1n) is 4.11. The van der Waals surface area contributed by atoms with Crippen LogP contribution >= 0.6 is 27.5 Å². The van der Waals surface area contributed by atoms with Gasteiger partial charge < -0.3 is 15.9 Å². The Morgan fingerprint density at radius 2 is 2.25 bits per heavy atom. The molecule has 0 aliphatic heterocycles. The number of nitro groups is 1. The van der Waals surface area contributed by atoms with Crippen molar-refractivity contribution in [1.82, 2.24) is 0 Å². The van der Waals surface area contributed by atoms with Crippen molar-refractivity contribution in [3.8, 4) is 5.75 Å². The van der Waals surface area contributed by atoms with Gasteiger partial charge in [-0.05, 0) is 22.0 Å². The Hall–Kier alpha value is -0.890. The van der Waals surface area contributed by atoms with E-state index in [9.17, 15) is 15.2 Å². The lowest BCUT2D eigenvalue weighted by molar-refractivity contribution is -0.386. The fourth-order valence-electron chi connectivity index (χ4n) is 1.17. The van der Waals surface area contributed by atoms with Gasteiger partial charge >= 0.3 is 5.69 Å². The lowest BCUT2D eigenvalue weighted by Gasteiger charge is -2.12. The van der Waals surface area contributed by atoms with Gasteiger partial charge in [-0.3, -0.25) is 10.1 Å². The average molecular weight is 312 g/mol. The molecule has 0 amide bonds. The summed E-state index contributed by atoms with van der Waals surface area (Å²) in [7, 11) is 0. The van der Waals surface area contributed by atoms with Gasteiger partial charge in [0.2, 0.25) is 5.75 Å². The minimum absolute atomic E-state index is 0.0226. The molecule has 0 unspecified atom stereocenters. The molecule has 0 fully saturated rings. The molecule has 0 aliphatic carbocycles. The summed E-state index contributed by atoms with van der Waals surface area (Å²) < 4.78 is -0.0226. The van der Waals surface area contributed by atoms with Crippen LogP contribution in [-0.4, -0.2) is 21.7 Å². The molecule has 0 radical (unpaired) electrons. The third kappa shape index (κ3) is 2.27. The van der Waals surface area contributed by atoms with E-state index < -0.39 is 29.0 Å². The number of halogens is 2. The van der Waals surface area contributed by atoms with Gasteiger partial charge in [0.1, 0.15) is 4.47 Å². The summed E-state index contributed by atoms with van der Waals surface area (Å²) in [5.41, 5.74) is 4.94. The number of benzene rings is 1. The zero-order valence-corrected chi connectivity index (χ0v) is 10.2. The molecule has 6 nitrogen and oxygen atoms in total. The number of phenols is 1. The molecule has 88 valence electrons. The van der Waals surface area contributed by atoms with Crippen molar-refractivity contribution in [1.29, 1.82) is 0 Å². The largest absolute Gasteiger partial charge is 0.502 e. The second-order valence-electron chi connectivity index (χ2n) is 3.00. The maximum Gasteiger partial charge on any atom is 0.326 e. The summed E-state index contributed by atoms with van der Waals surface area (Å²) in [6.45, 7) is -0.456. The molecule has 1 aromatic rings. The van der Waals surface area contributed by atoms with Crippen molar-refractivity contribution in [2.24, 2.45) is 5.73 Å². The zero-order valence-electron chi connectivity index (χ0n) is 7.85. The maximum atomic E-state index is 10.7. The van der Waals surface area contributed by atoms with E-state index in [0.717, 1.165) is 0 Å². The number of rotatable bonds is 3. The Labute approximate surface area is 104 Å². The molecule has 0 aromatic heterocycles. The van der Waals surface area contributed by atoms with Crippen LogP contribution < -0.4 is 5.73 Å². The molecule has 0 saturated heterocycles. The summed E-state index contributed by atoms with van der Waals surface area (Å²) in [6, 6.07) is 0.346. The van der Waals surface area contributed by atoms with Crippen LogP contribution in [0.15, 0.2) is 10.5 Å². The standard InChI is InChI=1S/C8H8BrClN2O4/c9-6-4(10)1-3(5(11)2-13)8(14)7(6)12(15)16/h1,5,13-14H,2,11H2/t5-/m1/s1. The Morgan fingerprint density at radius 3 is 2.69 bits per heavy atom. The molecule has 0 heterocycles. The van der Waals surface area contributed by atoms with Gasteiger partial charge in [-0.25, -0.2) is 0 Å². The van der Waals surface area contributed by atoms with Crippen molar-refractivity contribution in [2.45, 2.75) is 6.04 Å². The average Bonchev–Trinajstić information content (AvgIpc) is 2.22. The van der Waals surface area contributed by atoms with Crippen molar-refractivity contribution in [3.05, 3.63) is 31.2 Å². The molecule has 1 rings (SSSR count). The molecule has 1 atom stereocenters. The smallest absolute Gasteiger partial charge is 0.326 e. The molecule has 8 heteroatoms. The molecular weight excluding hydrogens is 303 g/mol.